The summed E-state index contributed by atoms with van der Waals surface area (Å²) in [4.78, 5) is 1.99. The summed E-state index contributed by atoms with van der Waals surface area (Å²) >= 11 is 0. The Morgan fingerprint density at radius 3 is 2.25 bits per heavy atom. The Balaban J connectivity index is 3.56. The molecule has 0 rings (SSSR count). The van der Waals surface area contributed by atoms with Crippen molar-refractivity contribution < 1.29 is 0 Å². The van der Waals surface area contributed by atoms with Crippen molar-refractivity contribution in [2.45, 2.75) is 6.92 Å². The van der Waals surface area contributed by atoms with Crippen LogP contribution in [0.3, 0.4) is 0 Å². The number of nitrogens with zero attached hydrogens (tertiary/aromatic N) is 1. The van der Waals surface area contributed by atoms with Gasteiger partial charge in [0, 0.05) is 20.6 Å². The van der Waals surface area contributed by atoms with Crippen LogP contribution in [0.1, 0.15) is 6.92 Å². The fourth-order valence-corrected chi connectivity index (χ4v) is 0.493. The summed E-state index contributed by atoms with van der Waals surface area (Å²) in [6, 6.07) is 0. The van der Waals surface area contributed by atoms with E-state index in [0.29, 0.717) is 6.54 Å². The van der Waals surface area contributed by atoms with Gasteiger partial charge in [-0.25, -0.2) is 0 Å². The third-order valence-electron chi connectivity index (χ3n) is 0.801. The van der Waals surface area contributed by atoms with Crippen LogP contribution in [0.5, 0.6) is 0 Å². The second kappa shape index (κ2) is 3.50. The molecule has 0 saturated heterocycles. The van der Waals surface area contributed by atoms with Crippen LogP contribution >= 0.6 is 0 Å². The normalized spacial score (nSPS) is 11.8. The van der Waals surface area contributed by atoms with E-state index >= 15 is 0 Å². The van der Waals surface area contributed by atoms with Crippen molar-refractivity contribution in [2.75, 3.05) is 20.6 Å². The van der Waals surface area contributed by atoms with E-state index < -0.39 is 0 Å². The third kappa shape index (κ3) is 3.68. The molecular formula is C6H14N2. The van der Waals surface area contributed by atoms with Crippen LogP contribution in [0, 0.1) is 0 Å². The maximum atomic E-state index is 5.33. The first kappa shape index (κ1) is 7.50. The lowest BCUT2D eigenvalue weighted by Gasteiger charge is -2.05. The average Bonchev–Trinajstić information content (AvgIpc) is 1.65. The first-order valence-electron chi connectivity index (χ1n) is 2.70. The Labute approximate surface area is 51.0 Å². The van der Waals surface area contributed by atoms with Gasteiger partial charge in [-0.2, -0.15) is 0 Å². The molecule has 0 aliphatic carbocycles. The van der Waals surface area contributed by atoms with E-state index in [2.05, 4.69) is 0 Å². The van der Waals surface area contributed by atoms with E-state index in [0.717, 1.165) is 0 Å². The highest BCUT2D eigenvalue weighted by Crippen LogP contribution is 1.87. The van der Waals surface area contributed by atoms with Crippen molar-refractivity contribution in [3.8, 4) is 0 Å². The van der Waals surface area contributed by atoms with Crippen molar-refractivity contribution in [3.05, 3.63) is 11.8 Å². The van der Waals surface area contributed by atoms with Crippen LogP contribution in [0.25, 0.3) is 0 Å². The van der Waals surface area contributed by atoms with Gasteiger partial charge in [0.05, 0.1) is 0 Å². The molecule has 0 fully saturated rings. The molecule has 2 N–H and O–H groups in total. The second-order valence-corrected chi connectivity index (χ2v) is 2.14. The molecule has 0 aromatic heterocycles. The molecule has 8 heavy (non-hydrogen) atoms. The zero-order valence-electron chi connectivity index (χ0n) is 5.81. The van der Waals surface area contributed by atoms with E-state index in [9.17, 15) is 0 Å². The van der Waals surface area contributed by atoms with Crippen molar-refractivity contribution >= 4 is 0 Å². The molecule has 2 heteroatoms. The van der Waals surface area contributed by atoms with Crippen LogP contribution in [0.4, 0.5) is 0 Å². The second-order valence-electron chi connectivity index (χ2n) is 2.14. The van der Waals surface area contributed by atoms with Crippen LogP contribution in [0.15, 0.2) is 11.8 Å². The maximum absolute atomic E-state index is 5.33. The summed E-state index contributed by atoms with van der Waals surface area (Å²) in [5.74, 6) is 0. The third-order valence-corrected chi connectivity index (χ3v) is 0.801. The van der Waals surface area contributed by atoms with Gasteiger partial charge < -0.3 is 10.6 Å². The largest absolute Gasteiger partial charge is 0.383 e. The van der Waals surface area contributed by atoms with Crippen molar-refractivity contribution in [1.82, 2.24) is 4.90 Å². The predicted molar refractivity (Wildman–Crippen MR) is 36.5 cm³/mol. The Morgan fingerprint density at radius 2 is 2.12 bits per heavy atom. The van der Waals surface area contributed by atoms with Gasteiger partial charge >= 0.3 is 0 Å². The van der Waals surface area contributed by atoms with E-state index in [4.69, 9.17) is 5.73 Å². The lowest BCUT2D eigenvalue weighted by atomic mass is 10.3. The van der Waals surface area contributed by atoms with Gasteiger partial charge in [-0.1, -0.05) is 0 Å². The monoisotopic (exact) mass is 114 g/mol. The number of hydrogen-bond donors (Lipinski definition) is 1. The first-order valence-corrected chi connectivity index (χ1v) is 2.70. The summed E-state index contributed by atoms with van der Waals surface area (Å²) in [5.41, 5.74) is 6.53. The smallest absolute Gasteiger partial charge is 0.0151 e. The molecule has 0 aliphatic rings. The molecule has 0 atom stereocenters. The highest BCUT2D eigenvalue weighted by molar-refractivity contribution is 4.97. The molecule has 0 heterocycles. The molecule has 0 bridgehead atoms. The van der Waals surface area contributed by atoms with Gasteiger partial charge in [0.25, 0.3) is 0 Å². The first-order chi connectivity index (χ1) is 3.66. The molecule has 0 saturated carbocycles. The molecule has 0 unspecified atom stereocenters. The molecule has 0 aromatic carbocycles. The molecule has 0 amide bonds. The quantitative estimate of drug-likeness (QED) is 0.563. The van der Waals surface area contributed by atoms with Crippen molar-refractivity contribution in [1.29, 1.82) is 0 Å². The fourth-order valence-electron chi connectivity index (χ4n) is 0.493. The van der Waals surface area contributed by atoms with Gasteiger partial charge in [-0.3, -0.25) is 0 Å². The number of hydrogen-bond acceptors (Lipinski definition) is 2. The van der Waals surface area contributed by atoms with E-state index in [1.807, 2.05) is 32.1 Å². The van der Waals surface area contributed by atoms with Gasteiger partial charge in [0.2, 0.25) is 0 Å². The lowest BCUT2D eigenvalue weighted by molar-refractivity contribution is 0.557. The van der Waals surface area contributed by atoms with Gasteiger partial charge in [0.15, 0.2) is 0 Å². The van der Waals surface area contributed by atoms with E-state index in [1.54, 1.807) is 0 Å². The van der Waals surface area contributed by atoms with Crippen LogP contribution in [-0.4, -0.2) is 25.5 Å². The summed E-state index contributed by atoms with van der Waals surface area (Å²) in [5, 5.41) is 0. The SMILES string of the molecule is C/C(=C/N(C)C)CN. The van der Waals surface area contributed by atoms with E-state index in [-0.39, 0.29) is 0 Å². The molecule has 48 valence electrons. The number of rotatable bonds is 2. The Bertz CT molecular complexity index is 84.5. The van der Waals surface area contributed by atoms with Gasteiger partial charge in [0.1, 0.15) is 0 Å². The van der Waals surface area contributed by atoms with Crippen LogP contribution < -0.4 is 5.73 Å². The predicted octanol–water partition coefficient (Wildman–Crippen LogP) is 0.411. The molecule has 0 aromatic rings. The zero-order valence-corrected chi connectivity index (χ0v) is 5.81. The molecule has 0 radical (unpaired) electrons. The number of nitrogens with two attached hydrogens (primary N) is 1. The van der Waals surface area contributed by atoms with Gasteiger partial charge in [-0.15, -0.1) is 0 Å². The summed E-state index contributed by atoms with van der Waals surface area (Å²) < 4.78 is 0. The molecule has 0 spiro atoms. The standard InChI is InChI=1S/C6H14N2/c1-6(4-7)5-8(2)3/h5H,4,7H2,1-3H3/b6-5-. The fraction of sp³-hybridized carbons (Fsp3) is 0.667. The van der Waals surface area contributed by atoms with Crippen LogP contribution in [-0.2, 0) is 0 Å². The van der Waals surface area contributed by atoms with Crippen molar-refractivity contribution in [2.24, 2.45) is 5.73 Å². The highest BCUT2D eigenvalue weighted by atomic mass is 15.0. The van der Waals surface area contributed by atoms with Crippen molar-refractivity contribution in [3.63, 3.8) is 0 Å². The van der Waals surface area contributed by atoms with Gasteiger partial charge in [-0.05, 0) is 18.7 Å². The summed E-state index contributed by atoms with van der Waals surface area (Å²) in [6.07, 6.45) is 2.01. The summed E-state index contributed by atoms with van der Waals surface area (Å²) in [7, 11) is 3.97. The average molecular weight is 114 g/mol. The Kier molecular flexibility index (Phi) is 3.28. The Morgan fingerprint density at radius 1 is 1.62 bits per heavy atom. The maximum Gasteiger partial charge on any atom is 0.0151 e. The zero-order chi connectivity index (χ0) is 6.57. The highest BCUT2D eigenvalue weighted by Gasteiger charge is 1.81. The Hall–Kier alpha value is -0.500. The minimum atomic E-state index is 0.651. The minimum Gasteiger partial charge on any atom is -0.383 e. The summed E-state index contributed by atoms with van der Waals surface area (Å²) in [6.45, 7) is 2.66. The lowest BCUT2D eigenvalue weighted by Crippen LogP contribution is -2.07. The van der Waals surface area contributed by atoms with E-state index in [1.165, 1.54) is 5.57 Å². The molecule has 0 aliphatic heterocycles. The minimum absolute atomic E-state index is 0.651. The topological polar surface area (TPSA) is 29.3 Å². The molecule has 2 nitrogen and oxygen atoms in total. The molecular weight excluding hydrogens is 100 g/mol. The van der Waals surface area contributed by atoms with Crippen LogP contribution in [0.2, 0.25) is 0 Å².